The van der Waals surface area contributed by atoms with Crippen LogP contribution in [0.4, 0.5) is 11.5 Å². The second kappa shape index (κ2) is 5.82. The highest BCUT2D eigenvalue weighted by Gasteiger charge is 2.04. The molecule has 0 aliphatic rings. The number of hydrogen-bond acceptors (Lipinski definition) is 3. The minimum Gasteiger partial charge on any atom is -0.376 e. The Bertz CT molecular complexity index is 526. The van der Waals surface area contributed by atoms with E-state index in [4.69, 9.17) is 0 Å². The van der Waals surface area contributed by atoms with Crippen molar-refractivity contribution < 1.29 is 4.79 Å². The Kier molecular flexibility index (Phi) is 3.91. The van der Waals surface area contributed by atoms with Crippen molar-refractivity contribution in [1.82, 2.24) is 4.98 Å². The maximum Gasteiger partial charge on any atom is 0.244 e. The molecule has 2 rings (SSSR count). The van der Waals surface area contributed by atoms with Crippen LogP contribution in [0, 0.1) is 6.92 Å². The van der Waals surface area contributed by atoms with E-state index in [9.17, 15) is 4.79 Å². The third-order valence-electron chi connectivity index (χ3n) is 2.49. The number of aromatic nitrogens is 1. The molecular weight excluding hydrogens is 226 g/mol. The van der Waals surface area contributed by atoms with Crippen molar-refractivity contribution in [3.8, 4) is 0 Å². The number of amides is 1. The first-order valence-corrected chi connectivity index (χ1v) is 5.76. The Hall–Kier alpha value is -2.36. The van der Waals surface area contributed by atoms with Gasteiger partial charge in [-0.15, -0.1) is 0 Å². The summed E-state index contributed by atoms with van der Waals surface area (Å²) in [7, 11) is 0. The second-order valence-corrected chi connectivity index (χ2v) is 3.94. The van der Waals surface area contributed by atoms with E-state index in [-0.39, 0.29) is 12.5 Å². The summed E-state index contributed by atoms with van der Waals surface area (Å²) >= 11 is 0. The Morgan fingerprint density at radius 2 is 1.94 bits per heavy atom. The van der Waals surface area contributed by atoms with Gasteiger partial charge in [-0.25, -0.2) is 4.98 Å². The number of nitrogens with zero attached hydrogens (tertiary/aromatic N) is 1. The van der Waals surface area contributed by atoms with Gasteiger partial charge in [0.1, 0.15) is 5.82 Å². The lowest BCUT2D eigenvalue weighted by Gasteiger charge is -2.08. The molecule has 1 aromatic heterocycles. The van der Waals surface area contributed by atoms with E-state index in [1.54, 1.807) is 6.20 Å². The highest BCUT2D eigenvalue weighted by atomic mass is 16.1. The Balaban J connectivity index is 1.88. The smallest absolute Gasteiger partial charge is 0.244 e. The molecule has 0 fully saturated rings. The van der Waals surface area contributed by atoms with Crippen LogP contribution in [0.2, 0.25) is 0 Å². The number of anilines is 2. The number of para-hydroxylation sites is 1. The van der Waals surface area contributed by atoms with Gasteiger partial charge in [0.2, 0.25) is 5.91 Å². The standard InChI is InChI=1S/C14H15N3O/c1-11-6-5-9-15-14(11)17-13(18)10-16-12-7-3-2-4-8-12/h2-9,16H,10H2,1H3,(H,15,17,18). The molecule has 2 aromatic rings. The summed E-state index contributed by atoms with van der Waals surface area (Å²) < 4.78 is 0. The number of rotatable bonds is 4. The lowest BCUT2D eigenvalue weighted by Crippen LogP contribution is -2.22. The summed E-state index contributed by atoms with van der Waals surface area (Å²) in [5, 5.41) is 5.81. The normalized spacial score (nSPS) is 9.83. The van der Waals surface area contributed by atoms with Crippen LogP contribution < -0.4 is 10.6 Å². The number of hydrogen-bond donors (Lipinski definition) is 2. The van der Waals surface area contributed by atoms with Crippen LogP contribution in [0.1, 0.15) is 5.56 Å². The van der Waals surface area contributed by atoms with Gasteiger partial charge in [0.25, 0.3) is 0 Å². The number of carbonyl (C=O) groups excluding carboxylic acids is 1. The van der Waals surface area contributed by atoms with E-state index in [1.165, 1.54) is 0 Å². The Labute approximate surface area is 106 Å². The predicted molar refractivity (Wildman–Crippen MR) is 72.5 cm³/mol. The maximum atomic E-state index is 11.7. The van der Waals surface area contributed by atoms with Gasteiger partial charge in [-0.1, -0.05) is 24.3 Å². The molecular formula is C14H15N3O. The molecule has 2 N–H and O–H groups in total. The first kappa shape index (κ1) is 12.1. The molecule has 0 bridgehead atoms. The van der Waals surface area contributed by atoms with Crippen molar-refractivity contribution in [2.75, 3.05) is 17.2 Å². The summed E-state index contributed by atoms with van der Waals surface area (Å²) in [6.07, 6.45) is 1.66. The molecule has 1 aromatic carbocycles. The first-order valence-electron chi connectivity index (χ1n) is 5.76. The van der Waals surface area contributed by atoms with Gasteiger partial charge in [0, 0.05) is 11.9 Å². The Morgan fingerprint density at radius 1 is 1.17 bits per heavy atom. The minimum absolute atomic E-state index is 0.111. The van der Waals surface area contributed by atoms with E-state index in [0.717, 1.165) is 11.3 Å². The molecule has 0 aliphatic carbocycles. The van der Waals surface area contributed by atoms with Crippen molar-refractivity contribution in [2.24, 2.45) is 0 Å². The van der Waals surface area contributed by atoms with Gasteiger partial charge in [-0.05, 0) is 30.7 Å². The van der Waals surface area contributed by atoms with Crippen molar-refractivity contribution in [1.29, 1.82) is 0 Å². The Morgan fingerprint density at radius 3 is 2.67 bits per heavy atom. The molecule has 0 unspecified atom stereocenters. The lowest BCUT2D eigenvalue weighted by atomic mass is 10.3. The van der Waals surface area contributed by atoms with Gasteiger partial charge in [0.05, 0.1) is 6.54 Å². The maximum absolute atomic E-state index is 11.7. The zero-order chi connectivity index (χ0) is 12.8. The molecule has 0 radical (unpaired) electrons. The van der Waals surface area contributed by atoms with Crippen LogP contribution in [-0.2, 0) is 4.79 Å². The zero-order valence-corrected chi connectivity index (χ0v) is 10.2. The summed E-state index contributed by atoms with van der Waals surface area (Å²) in [5.74, 6) is 0.498. The van der Waals surface area contributed by atoms with Crippen LogP contribution in [0.15, 0.2) is 48.7 Å². The molecule has 4 heteroatoms. The van der Waals surface area contributed by atoms with Crippen LogP contribution >= 0.6 is 0 Å². The lowest BCUT2D eigenvalue weighted by molar-refractivity contribution is -0.114. The second-order valence-electron chi connectivity index (χ2n) is 3.94. The van der Waals surface area contributed by atoms with E-state index >= 15 is 0 Å². The highest BCUT2D eigenvalue weighted by molar-refractivity contribution is 5.93. The van der Waals surface area contributed by atoms with Gasteiger partial charge in [-0.2, -0.15) is 0 Å². The van der Waals surface area contributed by atoms with Gasteiger partial charge in [0.15, 0.2) is 0 Å². The van der Waals surface area contributed by atoms with Crippen LogP contribution in [0.3, 0.4) is 0 Å². The van der Waals surface area contributed by atoms with E-state index in [1.807, 2.05) is 49.4 Å². The number of aryl methyl sites for hydroxylation is 1. The average Bonchev–Trinajstić information content (AvgIpc) is 2.40. The van der Waals surface area contributed by atoms with E-state index in [2.05, 4.69) is 15.6 Å². The van der Waals surface area contributed by atoms with Crippen molar-refractivity contribution in [2.45, 2.75) is 6.92 Å². The van der Waals surface area contributed by atoms with Crippen molar-refractivity contribution >= 4 is 17.4 Å². The highest BCUT2D eigenvalue weighted by Crippen LogP contribution is 2.09. The van der Waals surface area contributed by atoms with Crippen molar-refractivity contribution in [3.05, 3.63) is 54.2 Å². The topological polar surface area (TPSA) is 54.0 Å². The SMILES string of the molecule is Cc1cccnc1NC(=O)CNc1ccccc1. The first-order chi connectivity index (χ1) is 8.75. The number of pyridine rings is 1. The van der Waals surface area contributed by atoms with E-state index in [0.29, 0.717) is 5.82 Å². The molecule has 1 heterocycles. The fourth-order valence-electron chi connectivity index (χ4n) is 1.53. The van der Waals surface area contributed by atoms with Gasteiger partial charge >= 0.3 is 0 Å². The summed E-state index contributed by atoms with van der Waals surface area (Å²) in [6, 6.07) is 13.4. The third kappa shape index (κ3) is 3.31. The zero-order valence-electron chi connectivity index (χ0n) is 10.2. The van der Waals surface area contributed by atoms with Crippen LogP contribution in [0.25, 0.3) is 0 Å². The van der Waals surface area contributed by atoms with Crippen LogP contribution in [0.5, 0.6) is 0 Å². The largest absolute Gasteiger partial charge is 0.376 e. The molecule has 0 atom stereocenters. The third-order valence-corrected chi connectivity index (χ3v) is 2.49. The molecule has 18 heavy (non-hydrogen) atoms. The number of nitrogens with one attached hydrogen (secondary N) is 2. The monoisotopic (exact) mass is 241 g/mol. The van der Waals surface area contributed by atoms with Crippen molar-refractivity contribution in [3.63, 3.8) is 0 Å². The number of benzene rings is 1. The molecule has 0 aliphatic heterocycles. The summed E-state index contributed by atoms with van der Waals surface area (Å²) in [4.78, 5) is 15.8. The predicted octanol–water partition coefficient (Wildman–Crippen LogP) is 2.44. The molecule has 0 saturated carbocycles. The fraction of sp³-hybridized carbons (Fsp3) is 0.143. The molecule has 1 amide bonds. The summed E-state index contributed by atoms with van der Waals surface area (Å²) in [5.41, 5.74) is 1.87. The summed E-state index contributed by atoms with van der Waals surface area (Å²) in [6.45, 7) is 2.13. The minimum atomic E-state index is -0.111. The van der Waals surface area contributed by atoms with E-state index < -0.39 is 0 Å². The number of carbonyl (C=O) groups is 1. The molecule has 4 nitrogen and oxygen atoms in total. The average molecular weight is 241 g/mol. The molecule has 0 saturated heterocycles. The van der Waals surface area contributed by atoms with Crippen LogP contribution in [-0.4, -0.2) is 17.4 Å². The fourth-order valence-corrected chi connectivity index (χ4v) is 1.53. The quantitative estimate of drug-likeness (QED) is 0.864. The van der Waals surface area contributed by atoms with Gasteiger partial charge < -0.3 is 10.6 Å². The molecule has 0 spiro atoms. The van der Waals surface area contributed by atoms with Gasteiger partial charge in [-0.3, -0.25) is 4.79 Å². The molecule has 92 valence electrons.